The predicted octanol–water partition coefficient (Wildman–Crippen LogP) is 6.39. The highest BCUT2D eigenvalue weighted by atomic mass is 16.3. The summed E-state index contributed by atoms with van der Waals surface area (Å²) in [6.07, 6.45) is 1.47. The zero-order valence-electron chi connectivity index (χ0n) is 14.3. The molecule has 0 aliphatic heterocycles. The second-order valence-electron chi connectivity index (χ2n) is 6.67. The molecule has 3 heterocycles. The van der Waals surface area contributed by atoms with E-state index < -0.39 is 0 Å². The minimum absolute atomic E-state index is 0.794. The molecule has 0 saturated carbocycles. The summed E-state index contributed by atoms with van der Waals surface area (Å²) in [5, 5.41) is 2.27. The molecule has 0 spiro atoms. The van der Waals surface area contributed by atoms with E-state index in [0.29, 0.717) is 0 Å². The molecule has 6 rings (SSSR count). The average Bonchev–Trinajstić information content (AvgIpc) is 3.42. The molecule has 0 aliphatic rings. The van der Waals surface area contributed by atoms with Gasteiger partial charge in [0.15, 0.2) is 12.0 Å². The van der Waals surface area contributed by atoms with Crippen LogP contribution in [0.25, 0.3) is 55.6 Å². The van der Waals surface area contributed by atoms with Gasteiger partial charge in [-0.3, -0.25) is 0 Å². The zero-order chi connectivity index (χ0) is 17.8. The fraction of sp³-hybridized carbons (Fsp3) is 0. The number of furan rings is 1. The van der Waals surface area contributed by atoms with E-state index in [-0.39, 0.29) is 0 Å². The number of H-pyrrole nitrogens is 1. The monoisotopic (exact) mass is 350 g/mol. The summed E-state index contributed by atoms with van der Waals surface area (Å²) in [6.45, 7) is 0. The lowest BCUT2D eigenvalue weighted by Gasteiger charge is -1.98. The van der Waals surface area contributed by atoms with Crippen LogP contribution in [0.3, 0.4) is 0 Å². The number of hydrogen-bond acceptors (Lipinski definition) is 3. The zero-order valence-corrected chi connectivity index (χ0v) is 14.3. The van der Waals surface area contributed by atoms with Crippen LogP contribution in [0.15, 0.2) is 88.0 Å². The van der Waals surface area contributed by atoms with Crippen molar-refractivity contribution in [1.29, 1.82) is 0 Å². The summed E-state index contributed by atoms with van der Waals surface area (Å²) in [6, 6.07) is 24.7. The van der Waals surface area contributed by atoms with Crippen LogP contribution in [0.5, 0.6) is 0 Å². The van der Waals surface area contributed by atoms with Crippen LogP contribution < -0.4 is 0 Å². The van der Waals surface area contributed by atoms with Gasteiger partial charge in [-0.15, -0.1) is 0 Å². The third-order valence-corrected chi connectivity index (χ3v) is 4.97. The molecule has 27 heavy (non-hydrogen) atoms. The Morgan fingerprint density at radius 2 is 1.67 bits per heavy atom. The van der Waals surface area contributed by atoms with Gasteiger partial charge in [-0.25, -0.2) is 4.98 Å². The van der Waals surface area contributed by atoms with E-state index in [4.69, 9.17) is 8.83 Å². The molecule has 4 nitrogen and oxygen atoms in total. The minimum Gasteiger partial charge on any atom is -0.456 e. The fourth-order valence-corrected chi connectivity index (χ4v) is 3.59. The maximum absolute atomic E-state index is 6.00. The number of aromatic amines is 1. The topological polar surface area (TPSA) is 55.0 Å². The first-order chi connectivity index (χ1) is 13.3. The minimum atomic E-state index is 0.794. The van der Waals surface area contributed by atoms with E-state index >= 15 is 0 Å². The third-order valence-electron chi connectivity index (χ3n) is 4.97. The van der Waals surface area contributed by atoms with Gasteiger partial charge in [0.05, 0.1) is 0 Å². The Labute approximate surface area is 154 Å². The maximum atomic E-state index is 6.00. The summed E-state index contributed by atoms with van der Waals surface area (Å²) in [7, 11) is 0. The molecular formula is C23H14N2O2. The lowest BCUT2D eigenvalue weighted by molar-refractivity contribution is 0.602. The van der Waals surface area contributed by atoms with Gasteiger partial charge < -0.3 is 13.8 Å². The van der Waals surface area contributed by atoms with Crippen LogP contribution in [0, 0.1) is 0 Å². The number of para-hydroxylation sites is 1. The molecule has 0 bridgehead atoms. The number of hydrogen-bond donors (Lipinski definition) is 1. The van der Waals surface area contributed by atoms with Crippen LogP contribution in [0.1, 0.15) is 0 Å². The van der Waals surface area contributed by atoms with Crippen molar-refractivity contribution >= 4 is 33.0 Å². The van der Waals surface area contributed by atoms with Crippen molar-refractivity contribution in [2.24, 2.45) is 0 Å². The number of fused-ring (bicyclic) bond motifs is 3. The molecule has 3 aromatic carbocycles. The van der Waals surface area contributed by atoms with Gasteiger partial charge in [-0.2, -0.15) is 0 Å². The van der Waals surface area contributed by atoms with Gasteiger partial charge >= 0.3 is 0 Å². The van der Waals surface area contributed by atoms with Crippen molar-refractivity contribution in [3.63, 3.8) is 0 Å². The van der Waals surface area contributed by atoms with Crippen molar-refractivity contribution in [2.75, 3.05) is 0 Å². The standard InChI is InChI=1S/C23H14N2O2/c1-2-4-21-16(3-1)12-23(27-21)17-6-5-14-9-18(25-19(14)11-17)15-7-8-22-20(10-15)24-13-26-22/h1-13,25H. The first-order valence-electron chi connectivity index (χ1n) is 8.79. The Kier molecular flexibility index (Phi) is 2.85. The van der Waals surface area contributed by atoms with Crippen molar-refractivity contribution in [3.05, 3.63) is 79.2 Å². The van der Waals surface area contributed by atoms with Gasteiger partial charge in [0.1, 0.15) is 16.9 Å². The molecule has 0 saturated heterocycles. The van der Waals surface area contributed by atoms with E-state index in [1.807, 2.05) is 36.4 Å². The maximum Gasteiger partial charge on any atom is 0.181 e. The molecule has 0 aliphatic carbocycles. The van der Waals surface area contributed by atoms with Crippen LogP contribution >= 0.6 is 0 Å². The molecule has 0 fully saturated rings. The highest BCUT2D eigenvalue weighted by molar-refractivity contribution is 5.91. The molecule has 0 unspecified atom stereocenters. The second-order valence-corrected chi connectivity index (χ2v) is 6.67. The molecule has 3 aromatic heterocycles. The summed E-state index contributed by atoms with van der Waals surface area (Å²) < 4.78 is 11.3. The third kappa shape index (κ3) is 2.27. The van der Waals surface area contributed by atoms with Gasteiger partial charge in [0, 0.05) is 33.1 Å². The van der Waals surface area contributed by atoms with Crippen molar-refractivity contribution < 1.29 is 8.83 Å². The molecular weight excluding hydrogens is 336 g/mol. The van der Waals surface area contributed by atoms with E-state index in [9.17, 15) is 0 Å². The van der Waals surface area contributed by atoms with Gasteiger partial charge in [0.2, 0.25) is 0 Å². The number of benzene rings is 3. The predicted molar refractivity (Wildman–Crippen MR) is 107 cm³/mol. The Morgan fingerprint density at radius 3 is 2.63 bits per heavy atom. The van der Waals surface area contributed by atoms with E-state index in [1.165, 1.54) is 6.39 Å². The van der Waals surface area contributed by atoms with E-state index in [0.717, 1.165) is 55.6 Å². The highest BCUT2D eigenvalue weighted by Gasteiger charge is 2.10. The molecule has 4 heteroatoms. The lowest BCUT2D eigenvalue weighted by Crippen LogP contribution is -1.78. The Hall–Kier alpha value is -3.79. The first-order valence-corrected chi connectivity index (χ1v) is 8.79. The van der Waals surface area contributed by atoms with Crippen molar-refractivity contribution in [3.8, 4) is 22.6 Å². The van der Waals surface area contributed by atoms with Crippen LogP contribution in [-0.4, -0.2) is 9.97 Å². The van der Waals surface area contributed by atoms with Gasteiger partial charge in [0.25, 0.3) is 0 Å². The molecule has 0 amide bonds. The normalized spacial score (nSPS) is 11.7. The summed E-state index contributed by atoms with van der Waals surface area (Å²) in [5.74, 6) is 0.873. The SMILES string of the molecule is c1ccc2oc(-c3ccc4cc(-c5ccc6ocnc6c5)[nH]c4c3)cc2c1. The van der Waals surface area contributed by atoms with Gasteiger partial charge in [-0.05, 0) is 42.5 Å². The quantitative estimate of drug-likeness (QED) is 0.394. The van der Waals surface area contributed by atoms with Gasteiger partial charge in [-0.1, -0.05) is 30.3 Å². The highest BCUT2D eigenvalue weighted by Crippen LogP contribution is 2.32. The van der Waals surface area contributed by atoms with Crippen LogP contribution in [0.2, 0.25) is 0 Å². The fourth-order valence-electron chi connectivity index (χ4n) is 3.59. The number of oxazole rings is 1. The number of nitrogens with zero attached hydrogens (tertiary/aromatic N) is 1. The number of nitrogens with one attached hydrogen (secondary N) is 1. The molecule has 1 N–H and O–H groups in total. The molecule has 0 radical (unpaired) electrons. The Balaban J connectivity index is 1.46. The largest absolute Gasteiger partial charge is 0.456 e. The van der Waals surface area contributed by atoms with Crippen molar-refractivity contribution in [1.82, 2.24) is 9.97 Å². The average molecular weight is 350 g/mol. The summed E-state index contributed by atoms with van der Waals surface area (Å²) in [4.78, 5) is 7.75. The number of aromatic nitrogens is 2. The molecule has 6 aromatic rings. The molecule has 128 valence electrons. The first kappa shape index (κ1) is 14.4. The van der Waals surface area contributed by atoms with E-state index in [1.54, 1.807) is 0 Å². The molecule has 0 atom stereocenters. The van der Waals surface area contributed by atoms with Crippen LogP contribution in [-0.2, 0) is 0 Å². The van der Waals surface area contributed by atoms with E-state index in [2.05, 4.69) is 46.4 Å². The lowest BCUT2D eigenvalue weighted by atomic mass is 10.1. The Morgan fingerprint density at radius 1 is 0.741 bits per heavy atom. The number of rotatable bonds is 2. The van der Waals surface area contributed by atoms with Crippen molar-refractivity contribution in [2.45, 2.75) is 0 Å². The Bertz CT molecular complexity index is 1400. The summed E-state index contributed by atoms with van der Waals surface area (Å²) >= 11 is 0. The summed E-state index contributed by atoms with van der Waals surface area (Å²) in [5.41, 5.74) is 6.81. The van der Waals surface area contributed by atoms with Crippen LogP contribution in [0.4, 0.5) is 0 Å². The smallest absolute Gasteiger partial charge is 0.181 e. The second kappa shape index (κ2) is 5.35.